The van der Waals surface area contributed by atoms with Crippen LogP contribution >= 0.6 is 0 Å². The molecule has 0 aliphatic heterocycles. The lowest BCUT2D eigenvalue weighted by Crippen LogP contribution is -2.35. The van der Waals surface area contributed by atoms with Crippen LogP contribution in [-0.2, 0) is 16.1 Å². The summed E-state index contributed by atoms with van der Waals surface area (Å²) in [6.45, 7) is 5.04. The quantitative estimate of drug-likeness (QED) is 0.785. The van der Waals surface area contributed by atoms with Crippen LogP contribution in [0.5, 0.6) is 0 Å². The summed E-state index contributed by atoms with van der Waals surface area (Å²) in [6.07, 6.45) is 0. The number of ether oxygens (including phenoxy) is 1. The average molecular weight is 272 g/mol. The first kappa shape index (κ1) is 14.5. The van der Waals surface area contributed by atoms with E-state index in [1.165, 1.54) is 7.11 Å². The summed E-state index contributed by atoms with van der Waals surface area (Å²) in [5.41, 5.74) is 1.94. The molecule has 0 aliphatic carbocycles. The Hall–Kier alpha value is -1.94. The van der Waals surface area contributed by atoms with E-state index in [1.807, 2.05) is 35.2 Å². The van der Waals surface area contributed by atoms with Gasteiger partial charge in [0.25, 0.3) is 0 Å². The van der Waals surface area contributed by atoms with Crippen molar-refractivity contribution in [3.05, 3.63) is 42.1 Å². The third kappa shape index (κ3) is 3.54. The molecule has 0 unspecified atom stereocenters. The Morgan fingerprint density at radius 2 is 2.00 bits per heavy atom. The van der Waals surface area contributed by atoms with Gasteiger partial charge in [0, 0.05) is 18.0 Å². The SMILES string of the molecule is COC(=O)CN(Cc1ccc2ccccc2n1)C(C)C. The maximum atomic E-state index is 11.4. The molecular weight excluding hydrogens is 252 g/mol. The number of rotatable bonds is 5. The summed E-state index contributed by atoms with van der Waals surface area (Å²) in [7, 11) is 1.41. The summed E-state index contributed by atoms with van der Waals surface area (Å²) in [5, 5.41) is 1.13. The van der Waals surface area contributed by atoms with Crippen LogP contribution in [0.2, 0.25) is 0 Å². The molecule has 0 atom stereocenters. The van der Waals surface area contributed by atoms with Crippen molar-refractivity contribution >= 4 is 16.9 Å². The molecule has 20 heavy (non-hydrogen) atoms. The second kappa shape index (κ2) is 6.48. The van der Waals surface area contributed by atoms with E-state index in [9.17, 15) is 4.79 Å². The second-order valence-corrected chi connectivity index (χ2v) is 5.07. The molecule has 2 aromatic rings. The van der Waals surface area contributed by atoms with E-state index in [1.54, 1.807) is 0 Å². The van der Waals surface area contributed by atoms with Crippen LogP contribution in [0.15, 0.2) is 36.4 Å². The zero-order valence-corrected chi connectivity index (χ0v) is 12.2. The van der Waals surface area contributed by atoms with Crippen molar-refractivity contribution in [2.75, 3.05) is 13.7 Å². The van der Waals surface area contributed by atoms with Crippen molar-refractivity contribution in [2.45, 2.75) is 26.4 Å². The number of esters is 1. The largest absolute Gasteiger partial charge is 0.468 e. The maximum absolute atomic E-state index is 11.4. The van der Waals surface area contributed by atoms with E-state index in [2.05, 4.69) is 24.9 Å². The van der Waals surface area contributed by atoms with Gasteiger partial charge in [-0.25, -0.2) is 0 Å². The molecule has 4 nitrogen and oxygen atoms in total. The zero-order valence-electron chi connectivity index (χ0n) is 12.2. The number of benzene rings is 1. The summed E-state index contributed by atoms with van der Waals surface area (Å²) in [6, 6.07) is 12.3. The third-order valence-electron chi connectivity index (χ3n) is 3.31. The number of fused-ring (bicyclic) bond motifs is 1. The summed E-state index contributed by atoms with van der Waals surface area (Å²) in [4.78, 5) is 18.1. The molecule has 0 N–H and O–H groups in total. The molecule has 1 aromatic carbocycles. The molecule has 0 aliphatic rings. The lowest BCUT2D eigenvalue weighted by molar-refractivity contribution is -0.142. The molecule has 0 fully saturated rings. The number of aromatic nitrogens is 1. The smallest absolute Gasteiger partial charge is 0.319 e. The number of carbonyl (C=O) groups is 1. The number of para-hydroxylation sites is 1. The molecule has 0 saturated carbocycles. The van der Waals surface area contributed by atoms with Gasteiger partial charge in [0.15, 0.2) is 0 Å². The van der Waals surface area contributed by atoms with E-state index in [0.29, 0.717) is 6.54 Å². The van der Waals surface area contributed by atoms with E-state index in [4.69, 9.17) is 4.74 Å². The molecule has 4 heteroatoms. The third-order valence-corrected chi connectivity index (χ3v) is 3.31. The Bertz CT molecular complexity index is 596. The highest BCUT2D eigenvalue weighted by molar-refractivity contribution is 5.78. The van der Waals surface area contributed by atoms with Gasteiger partial charge in [-0.2, -0.15) is 0 Å². The predicted octanol–water partition coefficient (Wildman–Crippen LogP) is 2.62. The monoisotopic (exact) mass is 272 g/mol. The van der Waals surface area contributed by atoms with Crippen molar-refractivity contribution < 1.29 is 9.53 Å². The van der Waals surface area contributed by atoms with Gasteiger partial charge in [-0.15, -0.1) is 0 Å². The Labute approximate surface area is 119 Å². The van der Waals surface area contributed by atoms with Crippen LogP contribution in [0.3, 0.4) is 0 Å². The highest BCUT2D eigenvalue weighted by Crippen LogP contribution is 2.14. The van der Waals surface area contributed by atoms with Crippen LogP contribution in [0.4, 0.5) is 0 Å². The fourth-order valence-electron chi connectivity index (χ4n) is 2.06. The number of hydrogen-bond donors (Lipinski definition) is 0. The van der Waals surface area contributed by atoms with E-state index < -0.39 is 0 Å². The summed E-state index contributed by atoms with van der Waals surface area (Å²) in [5.74, 6) is -0.223. The molecule has 2 rings (SSSR count). The van der Waals surface area contributed by atoms with Crippen LogP contribution in [0.1, 0.15) is 19.5 Å². The van der Waals surface area contributed by atoms with Crippen molar-refractivity contribution in [3.8, 4) is 0 Å². The number of hydrogen-bond acceptors (Lipinski definition) is 4. The topological polar surface area (TPSA) is 42.4 Å². The average Bonchev–Trinajstić information content (AvgIpc) is 2.46. The molecule has 0 radical (unpaired) electrons. The molecule has 1 aromatic heterocycles. The van der Waals surface area contributed by atoms with Gasteiger partial charge < -0.3 is 4.74 Å². The van der Waals surface area contributed by atoms with Gasteiger partial charge in [0.2, 0.25) is 0 Å². The van der Waals surface area contributed by atoms with Gasteiger partial charge in [0.05, 0.1) is 24.9 Å². The summed E-state index contributed by atoms with van der Waals surface area (Å²) >= 11 is 0. The molecule has 0 amide bonds. The maximum Gasteiger partial charge on any atom is 0.319 e. The van der Waals surface area contributed by atoms with Crippen molar-refractivity contribution in [1.82, 2.24) is 9.88 Å². The van der Waals surface area contributed by atoms with E-state index in [0.717, 1.165) is 16.6 Å². The Balaban J connectivity index is 2.17. The van der Waals surface area contributed by atoms with Crippen LogP contribution in [0.25, 0.3) is 10.9 Å². The number of nitrogens with zero attached hydrogens (tertiary/aromatic N) is 2. The Morgan fingerprint density at radius 3 is 2.70 bits per heavy atom. The van der Waals surface area contributed by atoms with Gasteiger partial charge in [-0.1, -0.05) is 24.3 Å². The normalized spacial score (nSPS) is 11.2. The fourth-order valence-corrected chi connectivity index (χ4v) is 2.06. The highest BCUT2D eigenvalue weighted by Gasteiger charge is 2.15. The number of carbonyl (C=O) groups excluding carboxylic acids is 1. The van der Waals surface area contributed by atoms with Crippen molar-refractivity contribution in [3.63, 3.8) is 0 Å². The molecule has 0 saturated heterocycles. The van der Waals surface area contributed by atoms with Crippen molar-refractivity contribution in [2.24, 2.45) is 0 Å². The first-order chi connectivity index (χ1) is 9.60. The molecule has 0 bridgehead atoms. The number of pyridine rings is 1. The molecule has 106 valence electrons. The predicted molar refractivity (Wildman–Crippen MR) is 79.3 cm³/mol. The minimum Gasteiger partial charge on any atom is -0.468 e. The van der Waals surface area contributed by atoms with Gasteiger partial charge >= 0.3 is 5.97 Å². The van der Waals surface area contributed by atoms with Crippen LogP contribution in [-0.4, -0.2) is 35.5 Å². The Kier molecular flexibility index (Phi) is 4.69. The van der Waals surface area contributed by atoms with Crippen LogP contribution in [0, 0.1) is 0 Å². The minimum atomic E-state index is -0.223. The second-order valence-electron chi connectivity index (χ2n) is 5.07. The Morgan fingerprint density at radius 1 is 1.25 bits per heavy atom. The van der Waals surface area contributed by atoms with Crippen LogP contribution < -0.4 is 0 Å². The van der Waals surface area contributed by atoms with Gasteiger partial charge in [-0.05, 0) is 26.0 Å². The fraction of sp³-hybridized carbons (Fsp3) is 0.375. The van der Waals surface area contributed by atoms with E-state index in [-0.39, 0.29) is 18.6 Å². The summed E-state index contributed by atoms with van der Waals surface area (Å²) < 4.78 is 4.74. The number of methoxy groups -OCH3 is 1. The van der Waals surface area contributed by atoms with Gasteiger partial charge in [-0.3, -0.25) is 14.7 Å². The lowest BCUT2D eigenvalue weighted by Gasteiger charge is -2.24. The minimum absolute atomic E-state index is 0.223. The van der Waals surface area contributed by atoms with E-state index >= 15 is 0 Å². The first-order valence-corrected chi connectivity index (χ1v) is 6.75. The van der Waals surface area contributed by atoms with Gasteiger partial charge in [0.1, 0.15) is 0 Å². The lowest BCUT2D eigenvalue weighted by atomic mass is 10.2. The molecule has 0 spiro atoms. The standard InChI is InChI=1S/C16H20N2O2/c1-12(2)18(11-16(19)20-3)10-14-9-8-13-6-4-5-7-15(13)17-14/h4-9,12H,10-11H2,1-3H3. The molecule has 1 heterocycles. The molecular formula is C16H20N2O2. The van der Waals surface area contributed by atoms with Crippen molar-refractivity contribution in [1.29, 1.82) is 0 Å². The first-order valence-electron chi connectivity index (χ1n) is 6.75. The zero-order chi connectivity index (χ0) is 14.5. The highest BCUT2D eigenvalue weighted by atomic mass is 16.5.